The molecule has 0 aliphatic rings. The number of fused-ring (bicyclic) bond motifs is 1. The van der Waals surface area contributed by atoms with E-state index in [2.05, 4.69) is 0 Å². The summed E-state index contributed by atoms with van der Waals surface area (Å²) in [5, 5.41) is 13.7. The van der Waals surface area contributed by atoms with Gasteiger partial charge in [-0.05, 0) is 23.1 Å². The van der Waals surface area contributed by atoms with Crippen molar-refractivity contribution in [1.29, 1.82) is 0 Å². The van der Waals surface area contributed by atoms with Crippen molar-refractivity contribution in [1.82, 2.24) is 0 Å². The monoisotopic (exact) mass is 302 g/mol. The van der Waals surface area contributed by atoms with Crippen LogP contribution < -0.4 is 0 Å². The van der Waals surface area contributed by atoms with Crippen LogP contribution in [-0.4, -0.2) is 5.11 Å². The van der Waals surface area contributed by atoms with E-state index >= 15 is 0 Å². The molecule has 0 aromatic heterocycles. The number of hydrogen-bond donors (Lipinski definition) is 1. The molecule has 1 nitrogen and oxygen atoms in total. The molecule has 3 heteroatoms. The maximum atomic E-state index is 10.6. The number of halogens is 2. The zero-order chi connectivity index (χ0) is 14.1. The van der Waals surface area contributed by atoms with E-state index in [1.807, 2.05) is 48.5 Å². The average molecular weight is 303 g/mol. The predicted octanol–water partition coefficient (Wildman–Crippen LogP) is 5.23. The van der Waals surface area contributed by atoms with Gasteiger partial charge in [0, 0.05) is 21.0 Å². The molecule has 3 aromatic rings. The molecule has 0 amide bonds. The van der Waals surface area contributed by atoms with Gasteiger partial charge in [-0.3, -0.25) is 0 Å². The molecular weight excluding hydrogens is 291 g/mol. The van der Waals surface area contributed by atoms with E-state index in [1.165, 1.54) is 0 Å². The number of hydrogen-bond acceptors (Lipinski definition) is 1. The molecule has 0 aliphatic heterocycles. The van der Waals surface area contributed by atoms with Crippen LogP contribution in [0.3, 0.4) is 0 Å². The van der Waals surface area contributed by atoms with Gasteiger partial charge in [0.25, 0.3) is 0 Å². The molecule has 0 heterocycles. The molecule has 20 heavy (non-hydrogen) atoms. The fraction of sp³-hybridized carbons (Fsp3) is 0.0588. The molecule has 0 aliphatic carbocycles. The summed E-state index contributed by atoms with van der Waals surface area (Å²) in [6, 6.07) is 18.7. The van der Waals surface area contributed by atoms with Crippen LogP contribution in [0, 0.1) is 0 Å². The molecule has 1 unspecified atom stereocenters. The Bertz CT molecular complexity index is 768. The second kappa shape index (κ2) is 5.45. The molecule has 100 valence electrons. The van der Waals surface area contributed by atoms with Crippen molar-refractivity contribution in [3.63, 3.8) is 0 Å². The highest BCUT2D eigenvalue weighted by molar-refractivity contribution is 6.35. The van der Waals surface area contributed by atoms with Crippen LogP contribution in [0.4, 0.5) is 0 Å². The van der Waals surface area contributed by atoms with E-state index < -0.39 is 6.10 Å². The van der Waals surface area contributed by atoms with Crippen molar-refractivity contribution >= 4 is 34.0 Å². The summed E-state index contributed by atoms with van der Waals surface area (Å²) >= 11 is 12.4. The molecule has 0 fully saturated rings. The molecule has 0 spiro atoms. The van der Waals surface area contributed by atoms with Gasteiger partial charge in [-0.25, -0.2) is 0 Å². The molecule has 0 bridgehead atoms. The Balaban J connectivity index is 2.20. The summed E-state index contributed by atoms with van der Waals surface area (Å²) < 4.78 is 0. The van der Waals surface area contributed by atoms with E-state index in [0.717, 1.165) is 16.3 Å². The lowest BCUT2D eigenvalue weighted by atomic mass is 9.96. The van der Waals surface area contributed by atoms with Gasteiger partial charge in [-0.15, -0.1) is 0 Å². The van der Waals surface area contributed by atoms with Gasteiger partial charge in [0.2, 0.25) is 0 Å². The van der Waals surface area contributed by atoms with Gasteiger partial charge < -0.3 is 5.11 Å². The molecule has 1 atom stereocenters. The van der Waals surface area contributed by atoms with Crippen molar-refractivity contribution in [2.75, 3.05) is 0 Å². The van der Waals surface area contributed by atoms with Crippen LogP contribution in [0.25, 0.3) is 10.8 Å². The first-order chi connectivity index (χ1) is 9.68. The Morgan fingerprint density at radius 3 is 2.05 bits per heavy atom. The largest absolute Gasteiger partial charge is 0.384 e. The number of rotatable bonds is 2. The van der Waals surface area contributed by atoms with Crippen molar-refractivity contribution in [3.8, 4) is 0 Å². The van der Waals surface area contributed by atoms with Crippen LogP contribution in [0.2, 0.25) is 10.0 Å². The third-order valence-corrected chi connectivity index (χ3v) is 4.07. The quantitative estimate of drug-likeness (QED) is 0.687. The molecule has 3 aromatic carbocycles. The number of benzene rings is 3. The van der Waals surface area contributed by atoms with Crippen molar-refractivity contribution in [2.24, 2.45) is 0 Å². The molecule has 3 rings (SSSR count). The smallest absolute Gasteiger partial charge is 0.106 e. The van der Waals surface area contributed by atoms with Crippen LogP contribution in [0.1, 0.15) is 17.2 Å². The molecule has 0 saturated heterocycles. The lowest BCUT2D eigenvalue weighted by Crippen LogP contribution is -2.01. The van der Waals surface area contributed by atoms with Gasteiger partial charge in [0.15, 0.2) is 0 Å². The summed E-state index contributed by atoms with van der Waals surface area (Å²) in [6.07, 6.45) is -0.772. The van der Waals surface area contributed by atoms with E-state index in [4.69, 9.17) is 23.2 Å². The lowest BCUT2D eigenvalue weighted by molar-refractivity contribution is 0.222. The second-order valence-corrected chi connectivity index (χ2v) is 5.42. The minimum Gasteiger partial charge on any atom is -0.384 e. The van der Waals surface area contributed by atoms with Gasteiger partial charge in [0.05, 0.1) is 0 Å². The first kappa shape index (κ1) is 13.4. The van der Waals surface area contributed by atoms with E-state index in [1.54, 1.807) is 12.1 Å². The average Bonchev–Trinajstić information content (AvgIpc) is 2.48. The van der Waals surface area contributed by atoms with Crippen LogP contribution in [0.5, 0.6) is 0 Å². The van der Waals surface area contributed by atoms with E-state index in [9.17, 15) is 5.11 Å². The first-order valence-corrected chi connectivity index (χ1v) is 7.03. The lowest BCUT2D eigenvalue weighted by Gasteiger charge is -2.16. The first-order valence-electron chi connectivity index (χ1n) is 6.28. The van der Waals surface area contributed by atoms with Gasteiger partial charge in [-0.2, -0.15) is 0 Å². The van der Waals surface area contributed by atoms with Gasteiger partial charge in [0.1, 0.15) is 6.10 Å². The van der Waals surface area contributed by atoms with Gasteiger partial charge in [-0.1, -0.05) is 71.7 Å². The Labute approximate surface area is 127 Å². The van der Waals surface area contributed by atoms with E-state index in [0.29, 0.717) is 15.6 Å². The Hall–Kier alpha value is -1.54. The second-order valence-electron chi connectivity index (χ2n) is 4.61. The Morgan fingerprint density at radius 2 is 1.30 bits per heavy atom. The van der Waals surface area contributed by atoms with Crippen LogP contribution in [-0.2, 0) is 0 Å². The molecule has 1 N–H and O–H groups in total. The SMILES string of the molecule is OC(c1ccccc1Cl)c1ccc(Cl)c2ccccc12. The van der Waals surface area contributed by atoms with E-state index in [-0.39, 0.29) is 0 Å². The normalized spacial score (nSPS) is 12.6. The standard InChI is InChI=1S/C17H12Cl2O/c18-15-8-4-3-7-14(15)17(20)13-9-10-16(19)12-6-2-1-5-11(12)13/h1-10,17,20H. The minimum atomic E-state index is -0.772. The zero-order valence-corrected chi connectivity index (χ0v) is 12.1. The highest BCUT2D eigenvalue weighted by atomic mass is 35.5. The molecular formula is C17H12Cl2O. The Kier molecular flexibility index (Phi) is 3.66. The Morgan fingerprint density at radius 1 is 0.650 bits per heavy atom. The highest BCUT2D eigenvalue weighted by Crippen LogP contribution is 2.34. The summed E-state index contributed by atoms with van der Waals surface area (Å²) in [5.41, 5.74) is 1.50. The van der Waals surface area contributed by atoms with Crippen LogP contribution >= 0.6 is 23.2 Å². The third kappa shape index (κ3) is 2.29. The molecule has 0 radical (unpaired) electrons. The fourth-order valence-electron chi connectivity index (χ4n) is 2.39. The highest BCUT2D eigenvalue weighted by Gasteiger charge is 2.16. The fourth-order valence-corrected chi connectivity index (χ4v) is 2.86. The molecule has 0 saturated carbocycles. The summed E-state index contributed by atoms with van der Waals surface area (Å²) in [6.45, 7) is 0. The zero-order valence-electron chi connectivity index (χ0n) is 10.6. The number of aliphatic hydroxyl groups is 1. The predicted molar refractivity (Wildman–Crippen MR) is 84.5 cm³/mol. The maximum Gasteiger partial charge on any atom is 0.106 e. The number of aliphatic hydroxyl groups excluding tert-OH is 1. The minimum absolute atomic E-state index is 0.555. The van der Waals surface area contributed by atoms with Crippen molar-refractivity contribution in [3.05, 3.63) is 81.8 Å². The van der Waals surface area contributed by atoms with Crippen molar-refractivity contribution < 1.29 is 5.11 Å². The van der Waals surface area contributed by atoms with Crippen LogP contribution in [0.15, 0.2) is 60.7 Å². The van der Waals surface area contributed by atoms with Gasteiger partial charge >= 0.3 is 0 Å². The maximum absolute atomic E-state index is 10.6. The summed E-state index contributed by atoms with van der Waals surface area (Å²) in [7, 11) is 0. The summed E-state index contributed by atoms with van der Waals surface area (Å²) in [4.78, 5) is 0. The topological polar surface area (TPSA) is 20.2 Å². The summed E-state index contributed by atoms with van der Waals surface area (Å²) in [5.74, 6) is 0. The third-order valence-electron chi connectivity index (χ3n) is 3.40. The van der Waals surface area contributed by atoms with Crippen molar-refractivity contribution in [2.45, 2.75) is 6.10 Å².